The van der Waals surface area contributed by atoms with Gasteiger partial charge in [-0.1, -0.05) is 36.4 Å². The molecule has 2 atom stereocenters. The van der Waals surface area contributed by atoms with Crippen molar-refractivity contribution in [2.24, 2.45) is 5.92 Å². The highest BCUT2D eigenvalue weighted by Crippen LogP contribution is 2.27. The van der Waals surface area contributed by atoms with E-state index in [2.05, 4.69) is 19.4 Å². The van der Waals surface area contributed by atoms with Crippen molar-refractivity contribution in [1.82, 2.24) is 9.62 Å². The number of nitrogens with zero attached hydrogens (tertiary/aromatic N) is 1. The van der Waals surface area contributed by atoms with Gasteiger partial charge in [0.05, 0.1) is 20.0 Å². The summed E-state index contributed by atoms with van der Waals surface area (Å²) in [6, 6.07) is 13.2. The zero-order valence-corrected chi connectivity index (χ0v) is 17.9. The van der Waals surface area contributed by atoms with Gasteiger partial charge in [0, 0.05) is 13.1 Å². The van der Waals surface area contributed by atoms with E-state index >= 15 is 0 Å². The average Bonchev–Trinajstić information content (AvgIpc) is 3.23. The molecule has 2 heterocycles. The number of thiophene rings is 1. The monoisotopic (exact) mass is 422 g/mol. The fraction of sp³-hybridized carbons (Fsp3) is 0.450. The number of piperidine rings is 1. The predicted octanol–water partition coefficient (Wildman–Crippen LogP) is 1.15. The molecule has 0 saturated carbocycles. The molecule has 0 radical (unpaired) electrons. The van der Waals surface area contributed by atoms with Crippen LogP contribution in [0.4, 0.5) is 0 Å². The van der Waals surface area contributed by atoms with Gasteiger partial charge in [-0.2, -0.15) is 4.31 Å². The van der Waals surface area contributed by atoms with Crippen LogP contribution in [0.15, 0.2) is 52.1 Å². The minimum atomic E-state index is -3.52. The molecule has 28 heavy (non-hydrogen) atoms. The number of carbonyl (C=O) groups is 1. The summed E-state index contributed by atoms with van der Waals surface area (Å²) in [4.78, 5) is 14.2. The Morgan fingerprint density at radius 2 is 2.00 bits per heavy atom. The maximum absolute atomic E-state index is 13.0. The van der Waals surface area contributed by atoms with Crippen molar-refractivity contribution in [1.29, 1.82) is 0 Å². The number of sulfonamides is 1. The highest BCUT2D eigenvalue weighted by atomic mass is 32.2. The quantitative estimate of drug-likeness (QED) is 0.703. The first-order chi connectivity index (χ1) is 13.4. The van der Waals surface area contributed by atoms with Crippen LogP contribution in [0.1, 0.15) is 24.4 Å². The highest BCUT2D eigenvalue weighted by molar-refractivity contribution is 7.91. The first-order valence-electron chi connectivity index (χ1n) is 9.56. The lowest BCUT2D eigenvalue weighted by Crippen LogP contribution is -3.06. The first kappa shape index (κ1) is 21.0. The molecule has 1 aromatic carbocycles. The zero-order valence-electron chi connectivity index (χ0n) is 16.3. The van der Waals surface area contributed by atoms with Crippen LogP contribution in [0.2, 0.25) is 0 Å². The third kappa shape index (κ3) is 5.00. The molecule has 152 valence electrons. The highest BCUT2D eigenvalue weighted by Gasteiger charge is 2.34. The maximum atomic E-state index is 13.0. The number of quaternary nitrogens is 1. The molecule has 0 spiro atoms. The van der Waals surface area contributed by atoms with Crippen molar-refractivity contribution in [3.05, 3.63) is 53.4 Å². The Morgan fingerprint density at radius 3 is 2.64 bits per heavy atom. The van der Waals surface area contributed by atoms with Crippen LogP contribution in [0.5, 0.6) is 0 Å². The Kier molecular flexibility index (Phi) is 6.87. The second-order valence-electron chi connectivity index (χ2n) is 7.52. The number of hydrogen-bond acceptors (Lipinski definition) is 4. The largest absolute Gasteiger partial charge is 0.343 e. The van der Waals surface area contributed by atoms with Gasteiger partial charge in [0.25, 0.3) is 10.0 Å². The number of hydrogen-bond donors (Lipinski definition) is 2. The molecule has 1 aromatic heterocycles. The Bertz CT molecular complexity index is 867. The second-order valence-corrected chi connectivity index (χ2v) is 10.6. The van der Waals surface area contributed by atoms with E-state index in [1.807, 2.05) is 30.3 Å². The van der Waals surface area contributed by atoms with Gasteiger partial charge < -0.3 is 10.2 Å². The van der Waals surface area contributed by atoms with Crippen molar-refractivity contribution in [3.63, 3.8) is 0 Å². The molecule has 1 aliphatic rings. The van der Waals surface area contributed by atoms with Crippen molar-refractivity contribution in [2.75, 3.05) is 33.7 Å². The minimum absolute atomic E-state index is 0.0683. The van der Waals surface area contributed by atoms with Crippen LogP contribution < -0.4 is 10.2 Å². The topological polar surface area (TPSA) is 70.9 Å². The van der Waals surface area contributed by atoms with Crippen LogP contribution in [0.25, 0.3) is 0 Å². The third-order valence-corrected chi connectivity index (χ3v) is 8.21. The van der Waals surface area contributed by atoms with Crippen LogP contribution in [0, 0.1) is 5.92 Å². The van der Waals surface area contributed by atoms with Crippen LogP contribution in [-0.4, -0.2) is 52.4 Å². The van der Waals surface area contributed by atoms with E-state index in [0.717, 1.165) is 12.1 Å². The van der Waals surface area contributed by atoms with Crippen LogP contribution >= 0.6 is 11.3 Å². The smallest absolute Gasteiger partial charge is 0.252 e. The van der Waals surface area contributed by atoms with Gasteiger partial charge in [-0.05, 0) is 29.9 Å². The van der Waals surface area contributed by atoms with E-state index in [-0.39, 0.29) is 24.4 Å². The molecule has 0 unspecified atom stereocenters. The number of amides is 1. The fourth-order valence-electron chi connectivity index (χ4n) is 3.55. The predicted molar refractivity (Wildman–Crippen MR) is 111 cm³/mol. The molecule has 3 rings (SSSR count). The molecule has 0 aliphatic carbocycles. The molecule has 8 heteroatoms. The van der Waals surface area contributed by atoms with E-state index in [1.165, 1.54) is 20.5 Å². The van der Waals surface area contributed by atoms with E-state index in [9.17, 15) is 13.2 Å². The van der Waals surface area contributed by atoms with Crippen molar-refractivity contribution < 1.29 is 18.1 Å². The van der Waals surface area contributed by atoms with Gasteiger partial charge in [0.2, 0.25) is 5.91 Å². The van der Waals surface area contributed by atoms with Gasteiger partial charge in [-0.15, -0.1) is 11.3 Å². The minimum Gasteiger partial charge on any atom is -0.343 e. The molecule has 1 saturated heterocycles. The van der Waals surface area contributed by atoms with Gasteiger partial charge in [-0.3, -0.25) is 4.79 Å². The second kappa shape index (κ2) is 9.17. The summed E-state index contributed by atoms with van der Waals surface area (Å²) in [6.07, 6.45) is 1.40. The summed E-state index contributed by atoms with van der Waals surface area (Å²) in [6.45, 7) is 1.47. The molecular formula is C20H28N3O3S2+. The lowest BCUT2D eigenvalue weighted by Gasteiger charge is -2.32. The zero-order chi connectivity index (χ0) is 20.1. The van der Waals surface area contributed by atoms with Crippen LogP contribution in [-0.2, 0) is 14.8 Å². The fourth-order valence-corrected chi connectivity index (χ4v) is 6.22. The summed E-state index contributed by atoms with van der Waals surface area (Å²) in [5.41, 5.74) is 1.07. The molecule has 1 amide bonds. The number of rotatable bonds is 7. The van der Waals surface area contributed by atoms with E-state index in [0.29, 0.717) is 23.6 Å². The lowest BCUT2D eigenvalue weighted by molar-refractivity contribution is -0.860. The van der Waals surface area contributed by atoms with Gasteiger partial charge >= 0.3 is 0 Å². The Balaban J connectivity index is 1.70. The molecule has 2 N–H and O–H groups in total. The van der Waals surface area contributed by atoms with E-state index in [1.54, 1.807) is 17.5 Å². The molecule has 1 fully saturated rings. The number of carbonyl (C=O) groups excluding carboxylic acids is 1. The van der Waals surface area contributed by atoms with Gasteiger partial charge in [0.1, 0.15) is 16.8 Å². The van der Waals surface area contributed by atoms with Crippen molar-refractivity contribution >= 4 is 27.3 Å². The molecule has 0 bridgehead atoms. The van der Waals surface area contributed by atoms with E-state index < -0.39 is 10.0 Å². The summed E-state index contributed by atoms with van der Waals surface area (Å²) < 4.78 is 27.4. The molecule has 2 aromatic rings. The summed E-state index contributed by atoms with van der Waals surface area (Å²) >= 11 is 1.21. The average molecular weight is 423 g/mol. The normalized spacial score (nSPS) is 19.5. The van der Waals surface area contributed by atoms with Gasteiger partial charge in [-0.25, -0.2) is 8.42 Å². The van der Waals surface area contributed by atoms with Gasteiger partial charge in [0.15, 0.2) is 0 Å². The SMILES string of the molecule is C[NH+](C)C[C@@H](NC(=O)[C@H]1CCCN(S(=O)(=O)c2cccs2)C1)c1ccccc1. The standard InChI is InChI=1S/C20H27N3O3S2/c1-22(2)15-18(16-8-4-3-5-9-16)21-20(24)17-10-6-12-23(14-17)28(25,26)19-11-7-13-27-19/h3-5,7-9,11,13,17-18H,6,10,12,14-15H2,1-2H3,(H,21,24)/p+1/t17-,18+/m0/s1. The summed E-state index contributed by atoms with van der Waals surface area (Å²) in [7, 11) is 0.590. The molecular weight excluding hydrogens is 394 g/mol. The van der Waals surface area contributed by atoms with Crippen LogP contribution in [0.3, 0.4) is 0 Å². The third-order valence-electron chi connectivity index (χ3n) is 4.97. The Morgan fingerprint density at radius 1 is 1.25 bits per heavy atom. The summed E-state index contributed by atoms with van der Waals surface area (Å²) in [5.74, 6) is -0.395. The number of nitrogens with one attached hydrogen (secondary N) is 2. The number of likely N-dealkylation sites (N-methyl/N-ethyl adjacent to an activating group) is 1. The Hall–Kier alpha value is -1.74. The summed E-state index contributed by atoms with van der Waals surface area (Å²) in [5, 5.41) is 4.92. The number of benzene rings is 1. The van der Waals surface area contributed by atoms with Crippen molar-refractivity contribution in [3.8, 4) is 0 Å². The maximum Gasteiger partial charge on any atom is 0.252 e. The molecule has 1 aliphatic heterocycles. The van der Waals surface area contributed by atoms with E-state index in [4.69, 9.17) is 0 Å². The Labute approximate surface area is 171 Å². The van der Waals surface area contributed by atoms with Crippen molar-refractivity contribution in [2.45, 2.75) is 23.1 Å². The lowest BCUT2D eigenvalue weighted by atomic mass is 9.97. The first-order valence-corrected chi connectivity index (χ1v) is 11.9. The molecule has 6 nitrogen and oxygen atoms in total.